The molecule has 4 aromatic rings. The average molecular weight is 425 g/mol. The summed E-state index contributed by atoms with van der Waals surface area (Å²) in [4.78, 5) is 27.7. The van der Waals surface area contributed by atoms with Crippen molar-refractivity contribution in [1.82, 2.24) is 0 Å². The van der Waals surface area contributed by atoms with Crippen molar-refractivity contribution < 1.29 is 9.59 Å². The number of ketones is 2. The van der Waals surface area contributed by atoms with E-state index in [2.05, 4.69) is 0 Å². The van der Waals surface area contributed by atoms with E-state index in [4.69, 9.17) is 11.5 Å². The number of hydrogen-bond donors (Lipinski definition) is 2. The molecule has 4 aromatic carbocycles. The second kappa shape index (κ2) is 8.90. The molecule has 0 bridgehead atoms. The summed E-state index contributed by atoms with van der Waals surface area (Å²) < 4.78 is 0. The van der Waals surface area contributed by atoms with E-state index in [0.29, 0.717) is 33.6 Å². The van der Waals surface area contributed by atoms with Crippen molar-refractivity contribution in [2.75, 3.05) is 11.5 Å². The fraction of sp³-hybridized carbons (Fsp3) is 0. The largest absolute Gasteiger partial charge is 0.399 e. The zero-order valence-corrected chi connectivity index (χ0v) is 17.4. The summed E-state index contributed by atoms with van der Waals surface area (Å²) in [5.41, 5.74) is 15.1. The quantitative estimate of drug-likeness (QED) is 0.317. The second-order valence-electron chi connectivity index (χ2n) is 7.00. The first-order chi connectivity index (χ1) is 15.0. The second-order valence-corrected chi connectivity index (χ2v) is 8.09. The third-order valence-electron chi connectivity index (χ3n) is 4.79. The maximum Gasteiger partial charge on any atom is 0.194 e. The van der Waals surface area contributed by atoms with E-state index in [1.807, 2.05) is 48.5 Å². The molecule has 0 fully saturated rings. The molecule has 0 aliphatic carbocycles. The molecule has 0 heterocycles. The number of hydrogen-bond acceptors (Lipinski definition) is 5. The van der Waals surface area contributed by atoms with Crippen LogP contribution in [0.1, 0.15) is 31.8 Å². The van der Waals surface area contributed by atoms with Crippen LogP contribution < -0.4 is 11.5 Å². The fourth-order valence-electron chi connectivity index (χ4n) is 3.24. The van der Waals surface area contributed by atoms with E-state index in [9.17, 15) is 9.59 Å². The van der Waals surface area contributed by atoms with Crippen molar-refractivity contribution in [2.24, 2.45) is 0 Å². The van der Waals surface area contributed by atoms with Gasteiger partial charge in [0.1, 0.15) is 0 Å². The van der Waals surface area contributed by atoms with Gasteiger partial charge in [-0.2, -0.15) is 0 Å². The van der Waals surface area contributed by atoms with Crippen molar-refractivity contribution in [3.63, 3.8) is 0 Å². The van der Waals surface area contributed by atoms with Gasteiger partial charge >= 0.3 is 0 Å². The van der Waals surface area contributed by atoms with Crippen molar-refractivity contribution in [2.45, 2.75) is 9.79 Å². The normalized spacial score (nSPS) is 10.6. The molecule has 0 spiro atoms. The number of carbonyl (C=O) groups is 2. The fourth-order valence-corrected chi connectivity index (χ4v) is 4.27. The lowest BCUT2D eigenvalue weighted by Crippen LogP contribution is -2.06. The van der Waals surface area contributed by atoms with Crippen LogP contribution in [-0.2, 0) is 0 Å². The van der Waals surface area contributed by atoms with E-state index in [0.717, 1.165) is 9.79 Å². The van der Waals surface area contributed by atoms with Gasteiger partial charge < -0.3 is 11.5 Å². The van der Waals surface area contributed by atoms with Crippen LogP contribution in [0, 0.1) is 0 Å². The Kier molecular flexibility index (Phi) is 5.87. The number of anilines is 2. The lowest BCUT2D eigenvalue weighted by molar-refractivity contribution is 0.102. The van der Waals surface area contributed by atoms with Crippen LogP contribution in [-0.4, -0.2) is 11.6 Å². The molecule has 0 radical (unpaired) electrons. The van der Waals surface area contributed by atoms with E-state index in [1.54, 1.807) is 48.5 Å². The van der Waals surface area contributed by atoms with Gasteiger partial charge in [-0.25, -0.2) is 0 Å². The molecule has 4 rings (SSSR count). The SMILES string of the molecule is Nc1ccc(Sc2ccc(N)cc2C(=O)c2ccccc2)c(C(=O)c2ccccc2)c1. The van der Waals surface area contributed by atoms with Crippen molar-refractivity contribution in [1.29, 1.82) is 0 Å². The summed E-state index contributed by atoms with van der Waals surface area (Å²) in [6, 6.07) is 28.6. The molecule has 4 N–H and O–H groups in total. The average Bonchev–Trinajstić information content (AvgIpc) is 2.81. The molecule has 4 nitrogen and oxygen atoms in total. The predicted octanol–water partition coefficient (Wildman–Crippen LogP) is 5.46. The monoisotopic (exact) mass is 424 g/mol. The van der Waals surface area contributed by atoms with E-state index < -0.39 is 0 Å². The summed E-state index contributed by atoms with van der Waals surface area (Å²) in [7, 11) is 0. The van der Waals surface area contributed by atoms with E-state index in [1.165, 1.54) is 11.8 Å². The van der Waals surface area contributed by atoms with Crippen molar-refractivity contribution in [3.05, 3.63) is 119 Å². The van der Waals surface area contributed by atoms with Crippen LogP contribution in [0.3, 0.4) is 0 Å². The summed E-state index contributed by atoms with van der Waals surface area (Å²) in [5, 5.41) is 0. The number of nitrogens with two attached hydrogens (primary N) is 2. The molecule has 0 aliphatic heterocycles. The number of benzene rings is 4. The van der Waals surface area contributed by atoms with Gasteiger partial charge in [0.15, 0.2) is 11.6 Å². The molecule has 31 heavy (non-hydrogen) atoms. The van der Waals surface area contributed by atoms with Crippen LogP contribution >= 0.6 is 11.8 Å². The van der Waals surface area contributed by atoms with Gasteiger partial charge in [-0.15, -0.1) is 0 Å². The zero-order valence-electron chi connectivity index (χ0n) is 16.6. The highest BCUT2D eigenvalue weighted by atomic mass is 32.2. The Morgan fingerprint density at radius 3 is 1.32 bits per heavy atom. The Labute approximate surface area is 184 Å². The third kappa shape index (κ3) is 4.52. The number of carbonyl (C=O) groups excluding carboxylic acids is 2. The van der Waals surface area contributed by atoms with Crippen molar-refractivity contribution >= 4 is 34.7 Å². The first-order valence-electron chi connectivity index (χ1n) is 9.69. The molecule has 0 aromatic heterocycles. The highest BCUT2D eigenvalue weighted by Gasteiger charge is 2.19. The Morgan fingerprint density at radius 1 is 0.548 bits per heavy atom. The van der Waals surface area contributed by atoms with Crippen LogP contribution in [0.4, 0.5) is 11.4 Å². The first kappa shape index (κ1) is 20.4. The Hall–Kier alpha value is -3.83. The van der Waals surface area contributed by atoms with Gasteiger partial charge in [-0.1, -0.05) is 72.4 Å². The Morgan fingerprint density at radius 2 is 0.935 bits per heavy atom. The number of nitrogen functional groups attached to an aromatic ring is 2. The highest BCUT2D eigenvalue weighted by molar-refractivity contribution is 7.99. The van der Waals surface area contributed by atoms with Gasteiger partial charge in [-0.05, 0) is 36.4 Å². The van der Waals surface area contributed by atoms with Gasteiger partial charge in [0.05, 0.1) is 0 Å². The van der Waals surface area contributed by atoms with Crippen molar-refractivity contribution in [3.8, 4) is 0 Å². The Bertz CT molecular complexity index is 1160. The molecule has 0 saturated heterocycles. The molecule has 152 valence electrons. The maximum atomic E-state index is 13.1. The van der Waals surface area contributed by atoms with E-state index >= 15 is 0 Å². The van der Waals surface area contributed by atoms with Gasteiger partial charge in [0.2, 0.25) is 0 Å². The zero-order chi connectivity index (χ0) is 21.8. The molecule has 0 atom stereocenters. The lowest BCUT2D eigenvalue weighted by atomic mass is 10.0. The lowest BCUT2D eigenvalue weighted by Gasteiger charge is -2.13. The minimum atomic E-state index is -0.123. The van der Waals surface area contributed by atoms with Crippen LogP contribution in [0.2, 0.25) is 0 Å². The van der Waals surface area contributed by atoms with E-state index in [-0.39, 0.29) is 11.6 Å². The predicted molar refractivity (Wildman–Crippen MR) is 126 cm³/mol. The summed E-state index contributed by atoms with van der Waals surface area (Å²) >= 11 is 1.35. The molecular weight excluding hydrogens is 404 g/mol. The summed E-state index contributed by atoms with van der Waals surface area (Å²) in [6.45, 7) is 0. The molecule has 5 heteroatoms. The molecule has 0 aliphatic rings. The smallest absolute Gasteiger partial charge is 0.194 e. The maximum absolute atomic E-state index is 13.1. The first-order valence-corrected chi connectivity index (χ1v) is 10.5. The molecule has 0 saturated carbocycles. The topological polar surface area (TPSA) is 86.2 Å². The number of rotatable bonds is 6. The van der Waals surface area contributed by atoms with Crippen LogP contribution in [0.5, 0.6) is 0 Å². The highest BCUT2D eigenvalue weighted by Crippen LogP contribution is 2.36. The van der Waals surface area contributed by atoms with Crippen LogP contribution in [0.25, 0.3) is 0 Å². The van der Waals surface area contributed by atoms with Gasteiger partial charge in [-0.3, -0.25) is 9.59 Å². The Balaban J connectivity index is 1.76. The summed E-state index contributed by atoms with van der Waals surface area (Å²) in [6.07, 6.45) is 0. The van der Waals surface area contributed by atoms with Gasteiger partial charge in [0, 0.05) is 43.4 Å². The molecular formula is C26H20N2O2S. The molecule has 0 amide bonds. The minimum absolute atomic E-state index is 0.123. The summed E-state index contributed by atoms with van der Waals surface area (Å²) in [5.74, 6) is -0.247. The standard InChI is InChI=1S/C26H20N2O2S/c27-19-11-13-23(21(15-19)25(29)17-7-3-1-4-8-17)31-24-14-12-20(28)16-22(24)26(30)18-9-5-2-6-10-18/h1-16H,27-28H2. The van der Waals surface area contributed by atoms with Gasteiger partial charge in [0.25, 0.3) is 0 Å². The minimum Gasteiger partial charge on any atom is -0.399 e. The third-order valence-corrected chi connectivity index (χ3v) is 5.94. The molecule has 0 unspecified atom stereocenters. The van der Waals surface area contributed by atoms with Crippen LogP contribution in [0.15, 0.2) is 107 Å².